The molecule has 5 heterocycles. The van der Waals surface area contributed by atoms with E-state index in [1.165, 1.54) is 6.33 Å². The number of H-pyrrole nitrogens is 1. The Hall–Kier alpha value is -3.08. The summed E-state index contributed by atoms with van der Waals surface area (Å²) in [6, 6.07) is 5.92. The smallest absolute Gasteiger partial charge is 0.260 e. The van der Waals surface area contributed by atoms with Crippen LogP contribution in [-0.4, -0.2) is 75.0 Å². The zero-order valence-electron chi connectivity index (χ0n) is 19.6. The van der Waals surface area contributed by atoms with Gasteiger partial charge in [-0.1, -0.05) is 0 Å². The highest BCUT2D eigenvalue weighted by Gasteiger charge is 2.33. The van der Waals surface area contributed by atoms with Gasteiger partial charge >= 0.3 is 0 Å². The highest BCUT2D eigenvalue weighted by Crippen LogP contribution is 2.33. The van der Waals surface area contributed by atoms with Crippen molar-refractivity contribution in [2.24, 2.45) is 5.92 Å². The Morgan fingerprint density at radius 3 is 2.53 bits per heavy atom. The molecule has 0 unspecified atom stereocenters. The van der Waals surface area contributed by atoms with E-state index in [4.69, 9.17) is 9.72 Å². The molecule has 3 aromatic heterocycles. The quantitative estimate of drug-likeness (QED) is 0.585. The van der Waals surface area contributed by atoms with Gasteiger partial charge in [-0.15, -0.1) is 0 Å². The number of anilines is 3. The summed E-state index contributed by atoms with van der Waals surface area (Å²) in [7, 11) is 0. The number of piperidine rings is 1. The molecule has 0 bridgehead atoms. The Kier molecular flexibility index (Phi) is 6.20. The molecule has 180 valence electrons. The molecule has 10 heteroatoms. The van der Waals surface area contributed by atoms with E-state index in [0.29, 0.717) is 29.9 Å². The number of ether oxygens (including phenoxy) is 1. The van der Waals surface area contributed by atoms with Crippen molar-refractivity contribution in [3.63, 3.8) is 0 Å². The number of fused-ring (bicyclic) bond motifs is 1. The lowest BCUT2D eigenvalue weighted by Crippen LogP contribution is -2.48. The van der Waals surface area contributed by atoms with Crippen molar-refractivity contribution in [2.45, 2.75) is 32.3 Å². The maximum atomic E-state index is 12.1. The Bertz CT molecular complexity index is 1180. The molecule has 0 aromatic carbocycles. The summed E-state index contributed by atoms with van der Waals surface area (Å²) >= 11 is 0. The van der Waals surface area contributed by atoms with Crippen molar-refractivity contribution >= 4 is 28.2 Å². The second-order valence-electron chi connectivity index (χ2n) is 9.46. The second-order valence-corrected chi connectivity index (χ2v) is 9.46. The second kappa shape index (κ2) is 9.28. The van der Waals surface area contributed by atoms with Crippen LogP contribution in [0, 0.1) is 5.92 Å². The number of hydrazine groups is 1. The number of morpholine rings is 1. The van der Waals surface area contributed by atoms with E-state index in [9.17, 15) is 9.90 Å². The maximum Gasteiger partial charge on any atom is 0.260 e. The first-order valence-corrected chi connectivity index (χ1v) is 11.8. The lowest BCUT2D eigenvalue weighted by atomic mass is 9.83. The van der Waals surface area contributed by atoms with E-state index in [2.05, 4.69) is 35.9 Å². The van der Waals surface area contributed by atoms with Crippen LogP contribution in [0.15, 0.2) is 41.7 Å². The third kappa shape index (κ3) is 4.61. The molecule has 0 saturated carbocycles. The standard InChI is InChI=1S/C24H31N7O3/c1-24(2,33)17-5-7-30(8-6-17)31(22-13-20-19(15-26-22)23(32)28-16-27-20)18-3-4-21(25-14-18)29-9-11-34-12-10-29/h3-4,13-17,33H,5-12H2,1-2H3,(H,27,28,32). The van der Waals surface area contributed by atoms with Gasteiger partial charge in [0.2, 0.25) is 0 Å². The third-order valence-corrected chi connectivity index (χ3v) is 6.79. The molecule has 2 aliphatic heterocycles. The van der Waals surface area contributed by atoms with E-state index >= 15 is 0 Å². The molecule has 2 saturated heterocycles. The summed E-state index contributed by atoms with van der Waals surface area (Å²) in [6.45, 7) is 8.36. The summed E-state index contributed by atoms with van der Waals surface area (Å²) in [5.74, 6) is 1.83. The monoisotopic (exact) mass is 465 g/mol. The van der Waals surface area contributed by atoms with Crippen molar-refractivity contribution in [2.75, 3.05) is 49.3 Å². The lowest BCUT2D eigenvalue weighted by molar-refractivity contribution is -0.0126. The fraction of sp³-hybridized carbons (Fsp3) is 0.500. The van der Waals surface area contributed by atoms with Gasteiger partial charge in [-0.2, -0.15) is 0 Å². The summed E-state index contributed by atoms with van der Waals surface area (Å²) in [4.78, 5) is 30.7. The predicted octanol–water partition coefficient (Wildman–Crippen LogP) is 2.09. The van der Waals surface area contributed by atoms with Gasteiger partial charge in [-0.3, -0.25) is 9.80 Å². The molecule has 34 heavy (non-hydrogen) atoms. The van der Waals surface area contributed by atoms with E-state index < -0.39 is 5.60 Å². The highest BCUT2D eigenvalue weighted by molar-refractivity contribution is 5.80. The average Bonchev–Trinajstić information content (AvgIpc) is 2.85. The Morgan fingerprint density at radius 1 is 1.09 bits per heavy atom. The van der Waals surface area contributed by atoms with Crippen LogP contribution in [0.4, 0.5) is 17.3 Å². The molecular formula is C24H31N7O3. The Balaban J connectivity index is 1.48. The molecule has 0 atom stereocenters. The first-order valence-electron chi connectivity index (χ1n) is 11.8. The van der Waals surface area contributed by atoms with Crippen molar-refractivity contribution in [1.29, 1.82) is 0 Å². The van der Waals surface area contributed by atoms with Crippen LogP contribution in [-0.2, 0) is 4.74 Å². The molecule has 2 fully saturated rings. The number of hydrogen-bond donors (Lipinski definition) is 2. The molecule has 0 radical (unpaired) electrons. The number of aromatic nitrogens is 4. The SMILES string of the molecule is CC(C)(O)C1CCN(N(c2ccc(N3CCOCC3)nc2)c2cc3nc[nH]c(=O)c3cn2)CC1. The number of hydrogen-bond acceptors (Lipinski definition) is 9. The zero-order chi connectivity index (χ0) is 23.7. The van der Waals surface area contributed by atoms with Gasteiger partial charge < -0.3 is 19.7 Å². The predicted molar refractivity (Wildman–Crippen MR) is 130 cm³/mol. The fourth-order valence-electron chi connectivity index (χ4n) is 4.77. The molecule has 2 aliphatic rings. The van der Waals surface area contributed by atoms with Crippen molar-refractivity contribution < 1.29 is 9.84 Å². The zero-order valence-corrected chi connectivity index (χ0v) is 19.6. The molecule has 3 aromatic rings. The van der Waals surface area contributed by atoms with E-state index in [1.54, 1.807) is 6.20 Å². The Labute approximate surface area is 198 Å². The van der Waals surface area contributed by atoms with Gasteiger partial charge in [0.25, 0.3) is 5.56 Å². The number of nitrogens with zero attached hydrogens (tertiary/aromatic N) is 6. The number of nitrogens with one attached hydrogen (secondary N) is 1. The van der Waals surface area contributed by atoms with Gasteiger partial charge in [0.15, 0.2) is 0 Å². The molecule has 0 aliphatic carbocycles. The molecule has 2 N–H and O–H groups in total. The summed E-state index contributed by atoms with van der Waals surface area (Å²) in [5, 5.41) is 15.2. The minimum atomic E-state index is -0.704. The summed E-state index contributed by atoms with van der Waals surface area (Å²) < 4.78 is 5.46. The molecule has 5 rings (SSSR count). The van der Waals surface area contributed by atoms with Crippen molar-refractivity contribution in [1.82, 2.24) is 24.9 Å². The lowest BCUT2D eigenvalue weighted by Gasteiger charge is -2.43. The van der Waals surface area contributed by atoms with Crippen LogP contribution in [0.1, 0.15) is 26.7 Å². The Morgan fingerprint density at radius 2 is 1.85 bits per heavy atom. The van der Waals surface area contributed by atoms with E-state index in [-0.39, 0.29) is 11.5 Å². The summed E-state index contributed by atoms with van der Waals surface area (Å²) in [6.07, 6.45) is 6.58. The van der Waals surface area contributed by atoms with Gasteiger partial charge in [0.05, 0.1) is 47.9 Å². The topological polar surface area (TPSA) is 111 Å². The normalized spacial score (nSPS) is 18.4. The van der Waals surface area contributed by atoms with Crippen LogP contribution in [0.2, 0.25) is 0 Å². The van der Waals surface area contributed by atoms with Gasteiger partial charge in [0.1, 0.15) is 11.6 Å². The third-order valence-electron chi connectivity index (χ3n) is 6.79. The van der Waals surface area contributed by atoms with Crippen LogP contribution in [0.5, 0.6) is 0 Å². The number of pyridine rings is 2. The van der Waals surface area contributed by atoms with Crippen LogP contribution < -0.4 is 15.5 Å². The van der Waals surface area contributed by atoms with E-state index in [1.807, 2.05) is 32.2 Å². The fourth-order valence-corrected chi connectivity index (χ4v) is 4.77. The van der Waals surface area contributed by atoms with Crippen molar-refractivity contribution in [3.05, 3.63) is 47.3 Å². The van der Waals surface area contributed by atoms with Crippen LogP contribution in [0.3, 0.4) is 0 Å². The molecule has 10 nitrogen and oxygen atoms in total. The minimum Gasteiger partial charge on any atom is -0.390 e. The number of aliphatic hydroxyl groups is 1. The largest absolute Gasteiger partial charge is 0.390 e. The maximum absolute atomic E-state index is 12.1. The highest BCUT2D eigenvalue weighted by atomic mass is 16.5. The van der Waals surface area contributed by atoms with Crippen molar-refractivity contribution in [3.8, 4) is 0 Å². The minimum absolute atomic E-state index is 0.210. The molecule has 0 amide bonds. The van der Waals surface area contributed by atoms with Gasteiger partial charge in [-0.25, -0.2) is 20.0 Å². The number of aromatic amines is 1. The number of rotatable bonds is 5. The molecular weight excluding hydrogens is 434 g/mol. The van der Waals surface area contributed by atoms with Gasteiger partial charge in [-0.05, 0) is 44.7 Å². The van der Waals surface area contributed by atoms with E-state index in [0.717, 1.165) is 50.5 Å². The summed E-state index contributed by atoms with van der Waals surface area (Å²) in [5.41, 5.74) is 0.557. The first-order chi connectivity index (χ1) is 16.4. The molecule has 0 spiro atoms. The van der Waals surface area contributed by atoms with Crippen LogP contribution >= 0.6 is 0 Å². The average molecular weight is 466 g/mol. The van der Waals surface area contributed by atoms with Crippen LogP contribution in [0.25, 0.3) is 10.9 Å². The van der Waals surface area contributed by atoms with Gasteiger partial charge in [0, 0.05) is 38.4 Å². The first kappa shape index (κ1) is 22.7.